The van der Waals surface area contributed by atoms with Crippen molar-refractivity contribution in [3.63, 3.8) is 0 Å². The van der Waals surface area contributed by atoms with Gasteiger partial charge in [-0.25, -0.2) is 8.42 Å². The molecule has 0 amide bonds. The molecule has 1 unspecified atom stereocenters. The number of halogens is 3. The molecular weight excluding hydrogens is 359 g/mol. The number of alkyl halides is 3. The Morgan fingerprint density at radius 2 is 1.96 bits per heavy atom. The van der Waals surface area contributed by atoms with Crippen molar-refractivity contribution in [1.82, 2.24) is 0 Å². The van der Waals surface area contributed by atoms with Crippen LogP contribution in [0.3, 0.4) is 0 Å². The second-order valence-electron chi connectivity index (χ2n) is 6.40. The number of sulfone groups is 1. The standard InChI is InChI=1S/C16H20F3NO4S/c1-10(2)25(23,24)14-6-5-12(16(17,18)19)8-13(14)20-7-3-4-11(9-20)15(21)22/h5-6,8,10-11H,3-4,7,9H2,1-2H3,(H,21,22). The van der Waals surface area contributed by atoms with Gasteiger partial charge in [0.05, 0.1) is 27.3 Å². The molecule has 0 radical (unpaired) electrons. The fraction of sp³-hybridized carbons (Fsp3) is 0.562. The molecule has 0 bridgehead atoms. The van der Waals surface area contributed by atoms with Crippen LogP contribution in [0.15, 0.2) is 23.1 Å². The quantitative estimate of drug-likeness (QED) is 0.870. The first-order valence-electron chi connectivity index (χ1n) is 7.87. The molecule has 25 heavy (non-hydrogen) atoms. The third-order valence-electron chi connectivity index (χ3n) is 4.32. The highest BCUT2D eigenvalue weighted by Gasteiger charge is 2.35. The zero-order valence-corrected chi connectivity index (χ0v) is 14.7. The highest BCUT2D eigenvalue weighted by molar-refractivity contribution is 7.92. The van der Waals surface area contributed by atoms with Crippen LogP contribution in [0.4, 0.5) is 18.9 Å². The normalized spacial score (nSPS) is 19.3. The van der Waals surface area contributed by atoms with Crippen molar-refractivity contribution in [1.29, 1.82) is 0 Å². The van der Waals surface area contributed by atoms with Crippen LogP contribution >= 0.6 is 0 Å². The van der Waals surface area contributed by atoms with Gasteiger partial charge in [0, 0.05) is 13.1 Å². The maximum Gasteiger partial charge on any atom is 0.416 e. The van der Waals surface area contributed by atoms with E-state index in [-0.39, 0.29) is 17.1 Å². The zero-order chi connectivity index (χ0) is 19.0. The van der Waals surface area contributed by atoms with Crippen LogP contribution in [0.2, 0.25) is 0 Å². The van der Waals surface area contributed by atoms with Crippen LogP contribution in [0.25, 0.3) is 0 Å². The molecule has 0 saturated carbocycles. The number of carboxylic acids is 1. The molecule has 1 aromatic carbocycles. The van der Waals surface area contributed by atoms with Crippen LogP contribution in [-0.2, 0) is 20.8 Å². The molecule has 140 valence electrons. The number of carbonyl (C=O) groups is 1. The Morgan fingerprint density at radius 3 is 2.48 bits per heavy atom. The first-order chi connectivity index (χ1) is 11.4. The van der Waals surface area contributed by atoms with Crippen LogP contribution in [0.1, 0.15) is 32.3 Å². The molecule has 1 aliphatic heterocycles. The fourth-order valence-electron chi connectivity index (χ4n) is 2.83. The molecule has 2 rings (SSSR count). The number of aliphatic carboxylic acids is 1. The molecule has 0 aromatic heterocycles. The SMILES string of the molecule is CC(C)S(=O)(=O)c1ccc(C(F)(F)F)cc1N1CCCC(C(=O)O)C1. The smallest absolute Gasteiger partial charge is 0.416 e. The lowest BCUT2D eigenvalue weighted by molar-refractivity contribution is -0.142. The third-order valence-corrected chi connectivity index (χ3v) is 6.52. The van der Waals surface area contributed by atoms with Crippen LogP contribution in [0.5, 0.6) is 0 Å². The summed E-state index contributed by atoms with van der Waals surface area (Å²) in [6.07, 6.45) is -3.73. The Balaban J connectivity index is 2.57. The molecule has 1 fully saturated rings. The lowest BCUT2D eigenvalue weighted by Crippen LogP contribution is -2.39. The number of nitrogens with zero attached hydrogens (tertiary/aromatic N) is 1. The molecule has 1 aromatic rings. The van der Waals surface area contributed by atoms with Crippen molar-refractivity contribution in [2.45, 2.75) is 43.0 Å². The zero-order valence-electron chi connectivity index (χ0n) is 13.9. The Bertz CT molecular complexity index is 759. The maximum atomic E-state index is 13.1. The van der Waals surface area contributed by atoms with Gasteiger partial charge in [-0.1, -0.05) is 0 Å². The van der Waals surface area contributed by atoms with Crippen LogP contribution in [0, 0.1) is 5.92 Å². The van der Waals surface area contributed by atoms with Crippen molar-refractivity contribution in [2.75, 3.05) is 18.0 Å². The maximum absolute atomic E-state index is 13.1. The van der Waals surface area contributed by atoms with E-state index in [1.165, 1.54) is 18.7 Å². The molecular formula is C16H20F3NO4S. The van der Waals surface area contributed by atoms with Gasteiger partial charge in [0.1, 0.15) is 0 Å². The van der Waals surface area contributed by atoms with Gasteiger partial charge in [-0.3, -0.25) is 4.79 Å². The van der Waals surface area contributed by atoms with Crippen molar-refractivity contribution in [3.8, 4) is 0 Å². The first kappa shape index (κ1) is 19.6. The number of rotatable bonds is 4. The summed E-state index contributed by atoms with van der Waals surface area (Å²) < 4.78 is 64.3. The average molecular weight is 379 g/mol. The summed E-state index contributed by atoms with van der Waals surface area (Å²) in [5, 5.41) is 8.38. The number of anilines is 1. The van der Waals surface area contributed by atoms with Gasteiger partial charge in [0.25, 0.3) is 0 Å². The highest BCUT2D eigenvalue weighted by atomic mass is 32.2. The predicted octanol–water partition coefficient (Wildman–Crippen LogP) is 3.19. The lowest BCUT2D eigenvalue weighted by Gasteiger charge is -2.34. The molecule has 1 heterocycles. The minimum absolute atomic E-state index is 0.0166. The van der Waals surface area contributed by atoms with Gasteiger partial charge in [0.15, 0.2) is 9.84 Å². The molecule has 5 nitrogen and oxygen atoms in total. The molecule has 1 N–H and O–H groups in total. The summed E-state index contributed by atoms with van der Waals surface area (Å²) >= 11 is 0. The second-order valence-corrected chi connectivity index (χ2v) is 8.87. The Hall–Kier alpha value is -1.77. The Kier molecular flexibility index (Phi) is 5.36. The summed E-state index contributed by atoms with van der Waals surface area (Å²) in [4.78, 5) is 12.5. The number of piperidine rings is 1. The highest BCUT2D eigenvalue weighted by Crippen LogP contribution is 2.37. The van der Waals surface area contributed by atoms with E-state index < -0.39 is 38.7 Å². The molecule has 1 aliphatic rings. The minimum Gasteiger partial charge on any atom is -0.481 e. The lowest BCUT2D eigenvalue weighted by atomic mass is 9.97. The van der Waals surface area contributed by atoms with Gasteiger partial charge in [0.2, 0.25) is 0 Å². The van der Waals surface area contributed by atoms with Gasteiger partial charge < -0.3 is 10.0 Å². The van der Waals surface area contributed by atoms with Crippen molar-refractivity contribution < 1.29 is 31.5 Å². The molecule has 0 aliphatic carbocycles. The van der Waals surface area contributed by atoms with Crippen molar-refractivity contribution >= 4 is 21.5 Å². The average Bonchev–Trinajstić information content (AvgIpc) is 2.53. The number of benzene rings is 1. The fourth-order valence-corrected chi connectivity index (χ4v) is 4.08. The Morgan fingerprint density at radius 1 is 1.32 bits per heavy atom. The van der Waals surface area contributed by atoms with E-state index in [0.717, 1.165) is 18.2 Å². The summed E-state index contributed by atoms with van der Waals surface area (Å²) in [6, 6.07) is 2.52. The van der Waals surface area contributed by atoms with Gasteiger partial charge in [-0.2, -0.15) is 13.2 Å². The first-order valence-corrected chi connectivity index (χ1v) is 9.42. The summed E-state index contributed by atoms with van der Waals surface area (Å²) in [5.41, 5.74) is -1.03. The molecule has 0 spiro atoms. The monoisotopic (exact) mass is 379 g/mol. The number of carboxylic acid groups (broad SMARTS) is 1. The van der Waals surface area contributed by atoms with Crippen LogP contribution in [-0.4, -0.2) is 37.8 Å². The number of hydrogen-bond donors (Lipinski definition) is 1. The molecule has 1 atom stereocenters. The van der Waals surface area contributed by atoms with Crippen molar-refractivity contribution in [2.24, 2.45) is 5.92 Å². The van der Waals surface area contributed by atoms with E-state index in [4.69, 9.17) is 0 Å². The van der Waals surface area contributed by atoms with Gasteiger partial charge in [-0.05, 0) is 44.9 Å². The van der Waals surface area contributed by atoms with Gasteiger partial charge in [-0.15, -0.1) is 0 Å². The molecule has 1 saturated heterocycles. The van der Waals surface area contributed by atoms with Crippen LogP contribution < -0.4 is 4.90 Å². The second kappa shape index (κ2) is 6.86. The van der Waals surface area contributed by atoms with Gasteiger partial charge >= 0.3 is 12.1 Å². The topological polar surface area (TPSA) is 74.7 Å². The largest absolute Gasteiger partial charge is 0.481 e. The predicted molar refractivity (Wildman–Crippen MR) is 86.3 cm³/mol. The van der Waals surface area contributed by atoms with E-state index in [2.05, 4.69) is 0 Å². The minimum atomic E-state index is -4.61. The summed E-state index contributed by atoms with van der Waals surface area (Å²) in [5.74, 6) is -1.78. The van der Waals surface area contributed by atoms with E-state index in [0.29, 0.717) is 19.4 Å². The number of hydrogen-bond acceptors (Lipinski definition) is 4. The van der Waals surface area contributed by atoms with Crippen molar-refractivity contribution in [3.05, 3.63) is 23.8 Å². The third kappa shape index (κ3) is 4.08. The summed E-state index contributed by atoms with van der Waals surface area (Å²) in [7, 11) is -3.81. The van der Waals surface area contributed by atoms with E-state index in [9.17, 15) is 31.5 Å². The van der Waals surface area contributed by atoms with E-state index in [1.807, 2.05) is 0 Å². The van der Waals surface area contributed by atoms with E-state index in [1.54, 1.807) is 0 Å². The molecule has 9 heteroatoms. The summed E-state index contributed by atoms with van der Waals surface area (Å²) in [6.45, 7) is 3.20. The van der Waals surface area contributed by atoms with E-state index >= 15 is 0 Å². The Labute approximate surface area is 144 Å².